The summed E-state index contributed by atoms with van der Waals surface area (Å²) < 4.78 is 0. The molecule has 5 nitrogen and oxygen atoms in total. The molecule has 2 aromatic rings. The van der Waals surface area contributed by atoms with Crippen molar-refractivity contribution in [3.63, 3.8) is 0 Å². The van der Waals surface area contributed by atoms with Crippen LogP contribution < -0.4 is 4.90 Å². The highest BCUT2D eigenvalue weighted by Crippen LogP contribution is 2.40. The predicted molar refractivity (Wildman–Crippen MR) is 92.2 cm³/mol. The Morgan fingerprint density at radius 2 is 1.96 bits per heavy atom. The summed E-state index contributed by atoms with van der Waals surface area (Å²) in [6, 6.07) is 18.5. The molecular formula is C19H17N3O2. The maximum absolute atomic E-state index is 11.1. The van der Waals surface area contributed by atoms with Crippen molar-refractivity contribution in [2.24, 2.45) is 5.92 Å². The Kier molecular flexibility index (Phi) is 4.30. The monoisotopic (exact) mass is 319 g/mol. The van der Waals surface area contributed by atoms with Gasteiger partial charge in [-0.3, -0.25) is 10.1 Å². The smallest absolute Gasteiger partial charge is 0.269 e. The molecular weight excluding hydrogens is 302 g/mol. The fourth-order valence-corrected chi connectivity index (χ4v) is 3.17. The third kappa shape index (κ3) is 2.99. The molecule has 1 aliphatic rings. The van der Waals surface area contributed by atoms with Gasteiger partial charge in [0, 0.05) is 17.8 Å². The van der Waals surface area contributed by atoms with E-state index in [1.165, 1.54) is 6.07 Å². The van der Waals surface area contributed by atoms with Crippen LogP contribution in [0, 0.1) is 27.4 Å². The van der Waals surface area contributed by atoms with Gasteiger partial charge in [-0.1, -0.05) is 37.3 Å². The number of hydrogen-bond acceptors (Lipinski definition) is 4. The van der Waals surface area contributed by atoms with Gasteiger partial charge in [0.15, 0.2) is 0 Å². The molecule has 5 heteroatoms. The summed E-state index contributed by atoms with van der Waals surface area (Å²) in [6.07, 6.45) is 2.75. The lowest BCUT2D eigenvalue weighted by molar-refractivity contribution is -0.384. The topological polar surface area (TPSA) is 70.2 Å². The highest BCUT2D eigenvalue weighted by Gasteiger charge is 2.30. The predicted octanol–water partition coefficient (Wildman–Crippen LogP) is 4.59. The molecule has 24 heavy (non-hydrogen) atoms. The number of para-hydroxylation sites is 1. The fourth-order valence-electron chi connectivity index (χ4n) is 3.17. The van der Waals surface area contributed by atoms with Crippen LogP contribution in [0.15, 0.2) is 66.4 Å². The van der Waals surface area contributed by atoms with Crippen molar-refractivity contribution in [3.05, 3.63) is 82.0 Å². The molecule has 2 atom stereocenters. The van der Waals surface area contributed by atoms with Crippen LogP contribution in [0.4, 0.5) is 11.4 Å². The van der Waals surface area contributed by atoms with Gasteiger partial charge < -0.3 is 4.90 Å². The van der Waals surface area contributed by atoms with Crippen molar-refractivity contribution in [3.8, 4) is 6.07 Å². The number of benzene rings is 2. The molecule has 0 fully saturated rings. The molecule has 0 saturated carbocycles. The number of nitro benzene ring substituents is 1. The highest BCUT2D eigenvalue weighted by molar-refractivity contribution is 5.59. The van der Waals surface area contributed by atoms with Crippen molar-refractivity contribution in [2.75, 3.05) is 4.90 Å². The van der Waals surface area contributed by atoms with E-state index in [9.17, 15) is 15.4 Å². The quantitative estimate of drug-likeness (QED) is 0.613. The summed E-state index contributed by atoms with van der Waals surface area (Å²) in [5.41, 5.74) is 2.41. The molecule has 1 heterocycles. The molecule has 0 aromatic heterocycles. The highest BCUT2D eigenvalue weighted by atomic mass is 16.6. The minimum atomic E-state index is -0.385. The number of anilines is 1. The summed E-state index contributed by atoms with van der Waals surface area (Å²) in [6.45, 7) is 2.06. The first-order valence-electron chi connectivity index (χ1n) is 7.80. The Labute approximate surface area is 140 Å². The Morgan fingerprint density at radius 3 is 2.62 bits per heavy atom. The first-order valence-corrected chi connectivity index (χ1v) is 7.80. The first kappa shape index (κ1) is 15.8. The summed E-state index contributed by atoms with van der Waals surface area (Å²) in [4.78, 5) is 12.7. The Hall–Kier alpha value is -3.13. The van der Waals surface area contributed by atoms with E-state index in [0.717, 1.165) is 17.7 Å². The lowest BCUT2D eigenvalue weighted by Gasteiger charge is -2.38. The summed E-state index contributed by atoms with van der Waals surface area (Å²) in [5, 5.41) is 20.7. The number of nitro groups is 1. The molecule has 0 unspecified atom stereocenters. The number of allylic oxidation sites excluding steroid dienone is 2. The van der Waals surface area contributed by atoms with Gasteiger partial charge in [-0.25, -0.2) is 0 Å². The van der Waals surface area contributed by atoms with Crippen molar-refractivity contribution in [2.45, 2.75) is 19.4 Å². The number of rotatable bonds is 3. The van der Waals surface area contributed by atoms with Crippen LogP contribution in [0.1, 0.15) is 24.9 Å². The summed E-state index contributed by atoms with van der Waals surface area (Å²) in [5.74, 6) is 0.226. The normalized spacial score (nSPS) is 20.2. The van der Waals surface area contributed by atoms with E-state index in [1.54, 1.807) is 12.1 Å². The molecule has 0 amide bonds. The van der Waals surface area contributed by atoms with Gasteiger partial charge in [0.25, 0.3) is 5.69 Å². The third-order valence-corrected chi connectivity index (χ3v) is 4.22. The molecule has 0 bridgehead atoms. The van der Waals surface area contributed by atoms with Crippen molar-refractivity contribution in [1.82, 2.24) is 0 Å². The van der Waals surface area contributed by atoms with Crippen LogP contribution in [-0.2, 0) is 0 Å². The molecule has 3 rings (SSSR count). The second kappa shape index (κ2) is 6.55. The van der Waals surface area contributed by atoms with Gasteiger partial charge in [-0.2, -0.15) is 5.26 Å². The zero-order valence-electron chi connectivity index (χ0n) is 13.3. The summed E-state index contributed by atoms with van der Waals surface area (Å²) >= 11 is 0. The Morgan fingerprint density at radius 1 is 1.21 bits per heavy atom. The minimum Gasteiger partial charge on any atom is -0.326 e. The van der Waals surface area contributed by atoms with Gasteiger partial charge >= 0.3 is 0 Å². The van der Waals surface area contributed by atoms with Crippen LogP contribution in [0.5, 0.6) is 0 Å². The standard InChI is InChI=1S/C19H17N3O2/c1-14-10-18(13-20)21(16-7-3-2-4-8-16)19(11-14)15-6-5-9-17(12-15)22(23)24/h2-10,12,14,19H,11H2,1H3/t14-,19+/m0/s1. The van der Waals surface area contributed by atoms with Crippen LogP contribution in [0.2, 0.25) is 0 Å². The minimum absolute atomic E-state index is 0.0706. The number of nitriles is 1. The summed E-state index contributed by atoms with van der Waals surface area (Å²) in [7, 11) is 0. The maximum atomic E-state index is 11.1. The number of nitrogens with zero attached hydrogens (tertiary/aromatic N) is 3. The lowest BCUT2D eigenvalue weighted by Crippen LogP contribution is -2.32. The van der Waals surface area contributed by atoms with E-state index in [-0.39, 0.29) is 22.6 Å². The first-order chi connectivity index (χ1) is 11.6. The fraction of sp³-hybridized carbons (Fsp3) is 0.211. The van der Waals surface area contributed by atoms with Gasteiger partial charge in [0.1, 0.15) is 11.8 Å². The van der Waals surface area contributed by atoms with Crippen molar-refractivity contribution >= 4 is 11.4 Å². The molecule has 0 N–H and O–H groups in total. The average molecular weight is 319 g/mol. The third-order valence-electron chi connectivity index (χ3n) is 4.22. The molecule has 0 radical (unpaired) electrons. The van der Waals surface area contributed by atoms with Crippen molar-refractivity contribution < 1.29 is 4.92 Å². The second-order valence-electron chi connectivity index (χ2n) is 5.95. The Bertz CT molecular complexity index is 824. The van der Waals surface area contributed by atoms with E-state index in [1.807, 2.05) is 47.4 Å². The van der Waals surface area contributed by atoms with E-state index in [2.05, 4.69) is 13.0 Å². The Balaban J connectivity index is 2.10. The van der Waals surface area contributed by atoms with E-state index in [0.29, 0.717) is 5.70 Å². The average Bonchev–Trinajstić information content (AvgIpc) is 2.61. The van der Waals surface area contributed by atoms with E-state index >= 15 is 0 Å². The maximum Gasteiger partial charge on any atom is 0.269 e. The van der Waals surface area contributed by atoms with Gasteiger partial charge in [-0.05, 0) is 36.1 Å². The molecule has 2 aromatic carbocycles. The second-order valence-corrected chi connectivity index (χ2v) is 5.95. The molecule has 0 saturated heterocycles. The molecule has 0 spiro atoms. The van der Waals surface area contributed by atoms with Crippen LogP contribution in [-0.4, -0.2) is 4.92 Å². The molecule has 0 aliphatic carbocycles. The van der Waals surface area contributed by atoms with Crippen LogP contribution in [0.25, 0.3) is 0 Å². The van der Waals surface area contributed by atoms with Crippen LogP contribution in [0.3, 0.4) is 0 Å². The van der Waals surface area contributed by atoms with E-state index < -0.39 is 0 Å². The zero-order chi connectivity index (χ0) is 17.1. The molecule has 1 aliphatic heterocycles. The van der Waals surface area contributed by atoms with Crippen molar-refractivity contribution in [1.29, 1.82) is 5.26 Å². The van der Waals surface area contributed by atoms with Gasteiger partial charge in [0.2, 0.25) is 0 Å². The van der Waals surface area contributed by atoms with Gasteiger partial charge in [-0.15, -0.1) is 0 Å². The zero-order valence-corrected chi connectivity index (χ0v) is 13.3. The number of hydrogen-bond donors (Lipinski definition) is 0. The SMILES string of the molecule is C[C@H]1C=C(C#N)N(c2ccccc2)[C@@H](c2cccc([N+](=O)[O-])c2)C1. The molecule has 120 valence electrons. The van der Waals surface area contributed by atoms with Crippen LogP contribution >= 0.6 is 0 Å². The largest absolute Gasteiger partial charge is 0.326 e. The lowest BCUT2D eigenvalue weighted by atomic mass is 9.89. The van der Waals surface area contributed by atoms with Gasteiger partial charge in [0.05, 0.1) is 11.0 Å². The number of non-ortho nitro benzene ring substituents is 1. The van der Waals surface area contributed by atoms with E-state index in [4.69, 9.17) is 0 Å².